The number of carbonyl (C=O) groups excluding carboxylic acids is 3. The molecular formula is C32H31BrCl2N4O8. The molecule has 1 aliphatic rings. The highest BCUT2D eigenvalue weighted by Crippen LogP contribution is 2.35. The molecule has 0 bridgehead atoms. The topological polar surface area (TPSA) is 146 Å². The average Bonchev–Trinajstić information content (AvgIpc) is 3.04. The van der Waals surface area contributed by atoms with E-state index < -0.39 is 23.9 Å². The average molecular weight is 750 g/mol. The SMILES string of the molecule is CCOC(=O)C1=C(C)NC(=O)N[C@H]1c1ccc(OCC(=O)N/N=C\c2cc(OC)c(OCc3ccc(Cl)c(Cl)c3)cc2Br)c(OC)c1. The van der Waals surface area contributed by atoms with Crippen LogP contribution in [-0.4, -0.2) is 51.6 Å². The van der Waals surface area contributed by atoms with E-state index in [1.807, 2.05) is 6.07 Å². The Bertz CT molecular complexity index is 1730. The van der Waals surface area contributed by atoms with Crippen LogP contribution in [-0.2, 0) is 20.9 Å². The lowest BCUT2D eigenvalue weighted by atomic mass is 9.95. The third-order valence-corrected chi connectivity index (χ3v) is 8.12. The van der Waals surface area contributed by atoms with Gasteiger partial charge in [-0.1, -0.05) is 35.3 Å². The zero-order chi connectivity index (χ0) is 34.1. The van der Waals surface area contributed by atoms with Crippen molar-refractivity contribution in [3.8, 4) is 23.0 Å². The van der Waals surface area contributed by atoms with Gasteiger partial charge in [-0.25, -0.2) is 15.0 Å². The fraction of sp³-hybridized carbons (Fsp3) is 0.250. The monoisotopic (exact) mass is 748 g/mol. The molecule has 15 heteroatoms. The number of rotatable bonds is 13. The highest BCUT2D eigenvalue weighted by atomic mass is 79.9. The number of methoxy groups -OCH3 is 2. The van der Waals surface area contributed by atoms with Crippen molar-refractivity contribution in [2.45, 2.75) is 26.5 Å². The number of hydrazone groups is 1. The van der Waals surface area contributed by atoms with E-state index in [1.165, 1.54) is 20.4 Å². The van der Waals surface area contributed by atoms with Crippen LogP contribution in [0.15, 0.2) is 69.4 Å². The third-order valence-electron chi connectivity index (χ3n) is 6.70. The normalized spacial score (nSPS) is 14.3. The van der Waals surface area contributed by atoms with Gasteiger partial charge in [-0.05, 0) is 77.3 Å². The van der Waals surface area contributed by atoms with Crippen molar-refractivity contribution < 1.29 is 38.1 Å². The number of carbonyl (C=O) groups is 3. The number of allylic oxidation sites excluding steroid dienone is 1. The van der Waals surface area contributed by atoms with Crippen molar-refractivity contribution in [3.63, 3.8) is 0 Å². The van der Waals surface area contributed by atoms with E-state index >= 15 is 0 Å². The Hall–Kier alpha value is -4.46. The first-order valence-corrected chi connectivity index (χ1v) is 15.6. The second-order valence-corrected chi connectivity index (χ2v) is 11.5. The molecule has 1 heterocycles. The molecule has 0 saturated carbocycles. The van der Waals surface area contributed by atoms with Gasteiger partial charge in [-0.2, -0.15) is 5.10 Å². The van der Waals surface area contributed by atoms with Crippen LogP contribution in [0.3, 0.4) is 0 Å². The Kier molecular flexibility index (Phi) is 12.3. The molecule has 47 heavy (non-hydrogen) atoms. The van der Waals surface area contributed by atoms with Gasteiger partial charge in [0.25, 0.3) is 5.91 Å². The summed E-state index contributed by atoms with van der Waals surface area (Å²) in [5.41, 5.74) is 5.04. The quantitative estimate of drug-likeness (QED) is 0.109. The first-order chi connectivity index (χ1) is 22.5. The molecule has 12 nitrogen and oxygen atoms in total. The summed E-state index contributed by atoms with van der Waals surface area (Å²) in [6.45, 7) is 3.34. The van der Waals surface area contributed by atoms with Crippen LogP contribution in [0.1, 0.15) is 36.6 Å². The molecule has 0 radical (unpaired) electrons. The maximum absolute atomic E-state index is 12.6. The molecule has 248 valence electrons. The Labute approximate surface area is 289 Å². The van der Waals surface area contributed by atoms with Gasteiger partial charge in [0.15, 0.2) is 29.6 Å². The van der Waals surface area contributed by atoms with Gasteiger partial charge in [0.1, 0.15) is 6.61 Å². The van der Waals surface area contributed by atoms with Gasteiger partial charge >= 0.3 is 12.0 Å². The summed E-state index contributed by atoms with van der Waals surface area (Å²) in [6, 6.07) is 12.2. The van der Waals surface area contributed by atoms with Crippen LogP contribution in [0.5, 0.6) is 23.0 Å². The predicted octanol–water partition coefficient (Wildman–Crippen LogP) is 6.07. The molecule has 0 fully saturated rings. The van der Waals surface area contributed by atoms with Crippen LogP contribution in [0, 0.1) is 0 Å². The number of amides is 3. The minimum absolute atomic E-state index is 0.174. The first-order valence-electron chi connectivity index (χ1n) is 14.1. The largest absolute Gasteiger partial charge is 0.493 e. The van der Waals surface area contributed by atoms with Gasteiger partial charge in [-0.3, -0.25) is 4.79 Å². The number of halogens is 3. The molecule has 0 spiro atoms. The van der Waals surface area contributed by atoms with Gasteiger partial charge in [0, 0.05) is 15.7 Å². The van der Waals surface area contributed by atoms with E-state index in [0.717, 1.165) is 5.56 Å². The number of ether oxygens (including phenoxy) is 5. The summed E-state index contributed by atoms with van der Waals surface area (Å²) in [6.07, 6.45) is 1.44. The van der Waals surface area contributed by atoms with Crippen molar-refractivity contribution in [1.29, 1.82) is 0 Å². The fourth-order valence-electron chi connectivity index (χ4n) is 4.47. The fourth-order valence-corrected chi connectivity index (χ4v) is 5.21. The molecule has 3 amide bonds. The van der Waals surface area contributed by atoms with Crippen LogP contribution in [0.2, 0.25) is 10.0 Å². The van der Waals surface area contributed by atoms with Crippen molar-refractivity contribution in [2.24, 2.45) is 5.10 Å². The molecule has 1 aliphatic heterocycles. The Morgan fingerprint density at radius 1 is 0.979 bits per heavy atom. The molecular weight excluding hydrogens is 719 g/mol. The van der Waals surface area contributed by atoms with E-state index in [2.05, 4.69) is 37.1 Å². The minimum Gasteiger partial charge on any atom is -0.493 e. The number of nitrogens with one attached hydrogen (secondary N) is 3. The van der Waals surface area contributed by atoms with Crippen LogP contribution < -0.4 is 35.0 Å². The zero-order valence-corrected chi connectivity index (χ0v) is 28.8. The molecule has 1 atom stereocenters. The molecule has 0 saturated heterocycles. The zero-order valence-electron chi connectivity index (χ0n) is 25.7. The Morgan fingerprint density at radius 2 is 1.72 bits per heavy atom. The summed E-state index contributed by atoms with van der Waals surface area (Å²) >= 11 is 15.6. The van der Waals surface area contributed by atoms with Crippen molar-refractivity contribution >= 4 is 63.3 Å². The Morgan fingerprint density at radius 3 is 2.43 bits per heavy atom. The summed E-state index contributed by atoms with van der Waals surface area (Å²) < 4.78 is 28.3. The highest BCUT2D eigenvalue weighted by molar-refractivity contribution is 9.10. The number of hydrogen-bond donors (Lipinski definition) is 3. The summed E-state index contributed by atoms with van der Waals surface area (Å²) in [4.78, 5) is 37.3. The van der Waals surface area contributed by atoms with Gasteiger partial charge < -0.3 is 34.3 Å². The van der Waals surface area contributed by atoms with Crippen LogP contribution in [0.25, 0.3) is 0 Å². The molecule has 4 rings (SSSR count). The lowest BCUT2D eigenvalue weighted by Gasteiger charge is -2.28. The third kappa shape index (κ3) is 9.09. The number of nitrogens with zero attached hydrogens (tertiary/aromatic N) is 1. The van der Waals surface area contributed by atoms with Crippen molar-refractivity contribution in [1.82, 2.24) is 16.1 Å². The molecule has 3 N–H and O–H groups in total. The highest BCUT2D eigenvalue weighted by Gasteiger charge is 2.32. The summed E-state index contributed by atoms with van der Waals surface area (Å²) in [7, 11) is 2.94. The van der Waals surface area contributed by atoms with Gasteiger partial charge in [0.05, 0.1) is 48.7 Å². The number of esters is 1. The predicted molar refractivity (Wildman–Crippen MR) is 179 cm³/mol. The lowest BCUT2D eigenvalue weighted by molar-refractivity contribution is -0.139. The minimum atomic E-state index is -0.787. The summed E-state index contributed by atoms with van der Waals surface area (Å²) in [5.74, 6) is 0.372. The number of benzene rings is 3. The molecule has 0 unspecified atom stereocenters. The maximum atomic E-state index is 12.6. The molecule has 3 aromatic carbocycles. The van der Waals surface area contributed by atoms with E-state index in [4.69, 9.17) is 46.9 Å². The second kappa shape index (κ2) is 16.4. The number of hydrogen-bond acceptors (Lipinski definition) is 9. The molecule has 0 aromatic heterocycles. The first kappa shape index (κ1) is 35.4. The van der Waals surface area contributed by atoms with E-state index in [9.17, 15) is 14.4 Å². The number of urea groups is 1. The van der Waals surface area contributed by atoms with E-state index in [-0.39, 0.29) is 36.9 Å². The van der Waals surface area contributed by atoms with Crippen LogP contribution >= 0.6 is 39.1 Å². The Balaban J connectivity index is 1.38. The van der Waals surface area contributed by atoms with E-state index in [0.29, 0.717) is 42.8 Å². The standard InChI is InChI=1S/C32H31BrCl2N4O8/c1-5-45-31(41)29-17(2)37-32(42)38-30(29)19-7-9-24(25(11-19)43-3)47-16-28(40)39-36-14-20-12-26(44-4)27(13-21(20)33)46-15-18-6-8-22(34)23(35)10-18/h6-14,30H,5,15-16H2,1-4H3,(H,39,40)(H2,37,38,42)/b36-14-/t30-/m0/s1. The van der Waals surface area contributed by atoms with Crippen molar-refractivity contribution in [3.05, 3.63) is 91.0 Å². The van der Waals surface area contributed by atoms with E-state index in [1.54, 1.807) is 56.3 Å². The van der Waals surface area contributed by atoms with Crippen LogP contribution in [0.4, 0.5) is 4.79 Å². The van der Waals surface area contributed by atoms with Gasteiger partial charge in [-0.15, -0.1) is 0 Å². The van der Waals surface area contributed by atoms with Crippen molar-refractivity contribution in [2.75, 3.05) is 27.4 Å². The smallest absolute Gasteiger partial charge is 0.338 e. The molecule has 3 aromatic rings. The lowest BCUT2D eigenvalue weighted by Crippen LogP contribution is -2.45. The summed E-state index contributed by atoms with van der Waals surface area (Å²) in [5, 5.41) is 10.2. The maximum Gasteiger partial charge on any atom is 0.338 e. The van der Waals surface area contributed by atoms with Gasteiger partial charge in [0.2, 0.25) is 0 Å². The molecule has 0 aliphatic carbocycles. The second-order valence-electron chi connectivity index (χ2n) is 9.84.